The molecule has 0 saturated heterocycles. The van der Waals surface area contributed by atoms with Crippen LogP contribution >= 0.6 is 0 Å². The first-order chi connectivity index (χ1) is 7.84. The van der Waals surface area contributed by atoms with Crippen molar-refractivity contribution in [3.05, 3.63) is 35.9 Å². The number of nitrogens with two attached hydrogens (primary N) is 1. The molecule has 86 valence electrons. The zero-order chi connectivity index (χ0) is 11.0. The molecular formula is C15H21N. The molecule has 0 aromatic heterocycles. The summed E-state index contributed by atoms with van der Waals surface area (Å²) in [6.07, 6.45) is 6.88. The number of hydrogen-bond acceptors (Lipinski definition) is 1. The minimum atomic E-state index is 0.454. The van der Waals surface area contributed by atoms with Gasteiger partial charge in [0.25, 0.3) is 0 Å². The third kappa shape index (κ3) is 2.01. The molecule has 3 atom stereocenters. The lowest BCUT2D eigenvalue weighted by Crippen LogP contribution is -2.29. The van der Waals surface area contributed by atoms with Crippen LogP contribution in [0.25, 0.3) is 0 Å². The SMILES string of the molecule is NC(CC1CCC1)C1CC1c1ccccc1. The molecule has 3 rings (SSSR count). The first-order valence-corrected chi connectivity index (χ1v) is 6.65. The summed E-state index contributed by atoms with van der Waals surface area (Å²) in [5.41, 5.74) is 7.81. The van der Waals surface area contributed by atoms with Crippen molar-refractivity contribution in [1.29, 1.82) is 0 Å². The lowest BCUT2D eigenvalue weighted by molar-refractivity contribution is 0.267. The van der Waals surface area contributed by atoms with Gasteiger partial charge in [-0.3, -0.25) is 0 Å². The van der Waals surface area contributed by atoms with E-state index in [1.54, 1.807) is 0 Å². The first kappa shape index (κ1) is 10.3. The van der Waals surface area contributed by atoms with Gasteiger partial charge in [-0.25, -0.2) is 0 Å². The fourth-order valence-electron chi connectivity index (χ4n) is 3.06. The van der Waals surface area contributed by atoms with E-state index in [0.717, 1.165) is 17.8 Å². The Morgan fingerprint density at radius 3 is 2.56 bits per heavy atom. The van der Waals surface area contributed by atoms with Gasteiger partial charge in [0, 0.05) is 6.04 Å². The van der Waals surface area contributed by atoms with Crippen LogP contribution < -0.4 is 5.73 Å². The highest BCUT2D eigenvalue weighted by atomic mass is 14.7. The molecule has 1 heteroatoms. The van der Waals surface area contributed by atoms with E-state index in [1.807, 2.05) is 0 Å². The third-order valence-electron chi connectivity index (χ3n) is 4.45. The zero-order valence-corrected chi connectivity index (χ0v) is 9.81. The van der Waals surface area contributed by atoms with Gasteiger partial charge in [0.15, 0.2) is 0 Å². The normalized spacial score (nSPS) is 30.8. The van der Waals surface area contributed by atoms with Crippen molar-refractivity contribution >= 4 is 0 Å². The Kier molecular flexibility index (Phi) is 2.72. The minimum Gasteiger partial charge on any atom is -0.327 e. The molecule has 0 bridgehead atoms. The van der Waals surface area contributed by atoms with Gasteiger partial charge in [-0.15, -0.1) is 0 Å². The van der Waals surface area contributed by atoms with Crippen LogP contribution in [0, 0.1) is 11.8 Å². The number of rotatable bonds is 4. The molecule has 2 fully saturated rings. The Hall–Kier alpha value is -0.820. The lowest BCUT2D eigenvalue weighted by Gasteiger charge is -2.28. The summed E-state index contributed by atoms with van der Waals surface area (Å²) < 4.78 is 0. The molecule has 3 unspecified atom stereocenters. The predicted molar refractivity (Wildman–Crippen MR) is 67.2 cm³/mol. The van der Waals surface area contributed by atoms with Gasteiger partial charge in [-0.1, -0.05) is 49.6 Å². The van der Waals surface area contributed by atoms with Gasteiger partial charge in [-0.2, -0.15) is 0 Å². The largest absolute Gasteiger partial charge is 0.327 e. The maximum atomic E-state index is 6.32. The molecule has 1 aromatic rings. The van der Waals surface area contributed by atoms with Crippen LogP contribution in [0.3, 0.4) is 0 Å². The van der Waals surface area contributed by atoms with E-state index in [-0.39, 0.29) is 0 Å². The third-order valence-corrected chi connectivity index (χ3v) is 4.45. The van der Waals surface area contributed by atoms with Crippen molar-refractivity contribution in [3.63, 3.8) is 0 Å². The van der Waals surface area contributed by atoms with Crippen molar-refractivity contribution in [2.24, 2.45) is 17.6 Å². The first-order valence-electron chi connectivity index (χ1n) is 6.65. The molecule has 2 N–H and O–H groups in total. The molecule has 2 aliphatic carbocycles. The average molecular weight is 215 g/mol. The van der Waals surface area contributed by atoms with Crippen LogP contribution in [0.5, 0.6) is 0 Å². The van der Waals surface area contributed by atoms with Gasteiger partial charge < -0.3 is 5.73 Å². The molecule has 0 amide bonds. The molecule has 2 saturated carbocycles. The maximum Gasteiger partial charge on any atom is 0.00758 e. The molecule has 1 aromatic carbocycles. The smallest absolute Gasteiger partial charge is 0.00758 e. The number of hydrogen-bond donors (Lipinski definition) is 1. The molecule has 0 aliphatic heterocycles. The Bertz CT molecular complexity index is 342. The molecule has 1 nitrogen and oxygen atoms in total. The molecule has 0 spiro atoms. The zero-order valence-electron chi connectivity index (χ0n) is 9.81. The van der Waals surface area contributed by atoms with E-state index < -0.39 is 0 Å². The lowest BCUT2D eigenvalue weighted by atomic mass is 9.80. The van der Waals surface area contributed by atoms with Gasteiger partial charge in [0.2, 0.25) is 0 Å². The highest BCUT2D eigenvalue weighted by molar-refractivity contribution is 5.26. The molecule has 0 heterocycles. The van der Waals surface area contributed by atoms with Crippen LogP contribution in [0.4, 0.5) is 0 Å². The van der Waals surface area contributed by atoms with E-state index in [0.29, 0.717) is 6.04 Å². The molecular weight excluding hydrogens is 194 g/mol. The second-order valence-corrected chi connectivity index (χ2v) is 5.61. The fraction of sp³-hybridized carbons (Fsp3) is 0.600. The summed E-state index contributed by atoms with van der Waals surface area (Å²) >= 11 is 0. The summed E-state index contributed by atoms with van der Waals surface area (Å²) in [5, 5.41) is 0. The second-order valence-electron chi connectivity index (χ2n) is 5.61. The average Bonchev–Trinajstić information content (AvgIpc) is 3.04. The summed E-state index contributed by atoms with van der Waals surface area (Å²) in [6, 6.07) is 11.3. The van der Waals surface area contributed by atoms with Crippen LogP contribution in [0.2, 0.25) is 0 Å². The molecule has 2 aliphatic rings. The van der Waals surface area contributed by atoms with Crippen LogP contribution in [-0.2, 0) is 0 Å². The summed E-state index contributed by atoms with van der Waals surface area (Å²) in [4.78, 5) is 0. The van der Waals surface area contributed by atoms with Gasteiger partial charge in [0.1, 0.15) is 0 Å². The quantitative estimate of drug-likeness (QED) is 0.819. The highest BCUT2D eigenvalue weighted by Crippen LogP contribution is 2.50. The Morgan fingerprint density at radius 2 is 1.94 bits per heavy atom. The second kappa shape index (κ2) is 4.21. The summed E-state index contributed by atoms with van der Waals surface area (Å²) in [6.45, 7) is 0. The monoisotopic (exact) mass is 215 g/mol. The van der Waals surface area contributed by atoms with Gasteiger partial charge in [-0.05, 0) is 36.2 Å². The van der Waals surface area contributed by atoms with Crippen molar-refractivity contribution < 1.29 is 0 Å². The highest BCUT2D eigenvalue weighted by Gasteiger charge is 2.42. The van der Waals surface area contributed by atoms with Crippen molar-refractivity contribution in [1.82, 2.24) is 0 Å². The van der Waals surface area contributed by atoms with E-state index >= 15 is 0 Å². The van der Waals surface area contributed by atoms with E-state index in [9.17, 15) is 0 Å². The summed E-state index contributed by atoms with van der Waals surface area (Å²) in [7, 11) is 0. The van der Waals surface area contributed by atoms with Crippen molar-refractivity contribution in [3.8, 4) is 0 Å². The minimum absolute atomic E-state index is 0.454. The number of benzene rings is 1. The van der Waals surface area contributed by atoms with E-state index in [4.69, 9.17) is 5.73 Å². The van der Waals surface area contributed by atoms with Crippen molar-refractivity contribution in [2.45, 2.75) is 44.1 Å². The Labute approximate surface area is 98.0 Å². The summed E-state index contributed by atoms with van der Waals surface area (Å²) in [5.74, 6) is 2.48. The van der Waals surface area contributed by atoms with Crippen LogP contribution in [0.1, 0.15) is 43.6 Å². The Morgan fingerprint density at radius 1 is 1.19 bits per heavy atom. The van der Waals surface area contributed by atoms with E-state index in [2.05, 4.69) is 30.3 Å². The molecule has 16 heavy (non-hydrogen) atoms. The van der Waals surface area contributed by atoms with Crippen LogP contribution in [0.15, 0.2) is 30.3 Å². The fourth-order valence-corrected chi connectivity index (χ4v) is 3.06. The van der Waals surface area contributed by atoms with E-state index in [1.165, 1.54) is 37.7 Å². The molecule has 0 radical (unpaired) electrons. The van der Waals surface area contributed by atoms with Crippen LogP contribution in [-0.4, -0.2) is 6.04 Å². The predicted octanol–water partition coefficient (Wildman–Crippen LogP) is 3.31. The van der Waals surface area contributed by atoms with Gasteiger partial charge in [0.05, 0.1) is 0 Å². The maximum absolute atomic E-state index is 6.32. The topological polar surface area (TPSA) is 26.0 Å². The van der Waals surface area contributed by atoms with Crippen molar-refractivity contribution in [2.75, 3.05) is 0 Å². The Balaban J connectivity index is 1.55. The standard InChI is InChI=1S/C15H21N/c16-15(9-11-5-4-6-11)14-10-13(14)12-7-2-1-3-8-12/h1-3,7-8,11,13-15H,4-6,9-10,16H2. The van der Waals surface area contributed by atoms with Gasteiger partial charge >= 0.3 is 0 Å².